The van der Waals surface area contributed by atoms with Crippen LogP contribution in [-0.4, -0.2) is 53.5 Å². The lowest BCUT2D eigenvalue weighted by Gasteiger charge is -2.55. The molecule has 6 rings (SSSR count). The maximum atomic E-state index is 12.9. The number of pyridine rings is 1. The minimum atomic E-state index is -4.39. The SMILES string of the molecule is [2H]C12CC3CC(C1)C(NC(=NC#N)C(C)(C)N1CCN(c4ccc(C(F)(F)F)cn4)CC1)C(C3)C2. The van der Waals surface area contributed by atoms with E-state index in [-0.39, 0.29) is 11.9 Å². The summed E-state index contributed by atoms with van der Waals surface area (Å²) in [6, 6.07) is 2.76. The zero-order valence-corrected chi connectivity index (χ0v) is 19.8. The van der Waals surface area contributed by atoms with Crippen LogP contribution in [0.4, 0.5) is 19.0 Å². The third-order valence-corrected chi connectivity index (χ3v) is 8.48. The molecule has 184 valence electrons. The quantitative estimate of drug-likeness (QED) is 0.400. The zero-order chi connectivity index (χ0) is 25.0. The van der Waals surface area contributed by atoms with Crippen LogP contribution in [0.25, 0.3) is 0 Å². The third-order valence-electron chi connectivity index (χ3n) is 8.48. The minimum absolute atomic E-state index is 0.258. The molecule has 2 unspecified atom stereocenters. The molecule has 4 saturated carbocycles. The van der Waals surface area contributed by atoms with Gasteiger partial charge in [0.1, 0.15) is 11.7 Å². The molecule has 0 spiro atoms. The van der Waals surface area contributed by atoms with Crippen molar-refractivity contribution in [2.45, 2.75) is 63.7 Å². The van der Waals surface area contributed by atoms with Crippen molar-refractivity contribution >= 4 is 11.7 Å². The fraction of sp³-hybridized carbons (Fsp3) is 0.720. The van der Waals surface area contributed by atoms with Crippen LogP contribution in [-0.2, 0) is 6.18 Å². The van der Waals surface area contributed by atoms with E-state index in [1.807, 2.05) is 11.1 Å². The number of aromatic nitrogens is 1. The Morgan fingerprint density at radius 2 is 1.79 bits per heavy atom. The lowest BCUT2D eigenvalue weighted by atomic mass is 9.54. The standard InChI is InChI=1S/C25H33F3N6/c1-24(2,23(31-15-29)32-22-18-10-16-9-17(12-18)13-19(22)11-16)34-7-5-33(6-8-34)21-4-3-20(14-30-21)25(26,27)28/h3-4,14,16-19,22H,5-13H2,1-2H3,(H,31,32)/i16D. The molecule has 1 aromatic heterocycles. The van der Waals surface area contributed by atoms with Crippen molar-refractivity contribution in [2.75, 3.05) is 31.1 Å². The second kappa shape index (κ2) is 8.71. The lowest BCUT2D eigenvalue weighted by molar-refractivity contribution is -0.137. The summed E-state index contributed by atoms with van der Waals surface area (Å²) in [4.78, 5) is 12.5. The van der Waals surface area contributed by atoms with Gasteiger partial charge in [-0.15, -0.1) is 0 Å². The first-order valence-electron chi connectivity index (χ1n) is 12.8. The van der Waals surface area contributed by atoms with E-state index in [9.17, 15) is 18.4 Å². The lowest BCUT2D eigenvalue weighted by Crippen LogP contribution is -2.64. The molecule has 0 radical (unpaired) electrons. The molecule has 2 atom stereocenters. The minimum Gasteiger partial charge on any atom is -0.368 e. The number of piperazine rings is 1. The number of alkyl halides is 3. The maximum absolute atomic E-state index is 12.9. The number of anilines is 1. The van der Waals surface area contributed by atoms with Gasteiger partial charge in [0.15, 0.2) is 0 Å². The number of nitrogens with one attached hydrogen (secondary N) is 1. The topological polar surface area (TPSA) is 67.6 Å². The molecule has 4 bridgehead atoms. The Labute approximate surface area is 200 Å². The van der Waals surface area contributed by atoms with Crippen LogP contribution in [0.2, 0.25) is 0 Å². The molecule has 9 heteroatoms. The summed E-state index contributed by atoms with van der Waals surface area (Å²) < 4.78 is 47.4. The number of hydrogen-bond donors (Lipinski definition) is 1. The molecule has 6 nitrogen and oxygen atoms in total. The Kier molecular flexibility index (Phi) is 5.67. The largest absolute Gasteiger partial charge is 0.417 e. The Morgan fingerprint density at radius 3 is 2.32 bits per heavy atom. The summed E-state index contributed by atoms with van der Waals surface area (Å²) >= 11 is 0. The molecule has 1 aromatic rings. The van der Waals surface area contributed by atoms with Crippen molar-refractivity contribution in [3.8, 4) is 6.19 Å². The normalized spacial score (nSPS) is 34.6. The number of nitriles is 1. The van der Waals surface area contributed by atoms with Gasteiger partial charge in [0, 0.05) is 39.8 Å². The van der Waals surface area contributed by atoms with E-state index in [0.29, 0.717) is 55.6 Å². The highest BCUT2D eigenvalue weighted by Gasteiger charge is 2.49. The van der Waals surface area contributed by atoms with E-state index in [4.69, 9.17) is 1.37 Å². The summed E-state index contributed by atoms with van der Waals surface area (Å²) in [5, 5.41) is 13.2. The van der Waals surface area contributed by atoms with Crippen LogP contribution in [0.3, 0.4) is 0 Å². The highest BCUT2D eigenvalue weighted by atomic mass is 19.4. The smallest absolute Gasteiger partial charge is 0.368 e. The highest BCUT2D eigenvalue weighted by Crippen LogP contribution is 2.53. The average Bonchev–Trinajstić information content (AvgIpc) is 2.79. The highest BCUT2D eigenvalue weighted by molar-refractivity contribution is 5.92. The van der Waals surface area contributed by atoms with E-state index in [1.54, 1.807) is 0 Å². The van der Waals surface area contributed by atoms with Crippen LogP contribution in [0.15, 0.2) is 23.3 Å². The molecule has 2 heterocycles. The van der Waals surface area contributed by atoms with E-state index in [0.717, 1.165) is 44.4 Å². The van der Waals surface area contributed by atoms with Gasteiger partial charge in [0.05, 0.1) is 11.1 Å². The van der Waals surface area contributed by atoms with Crippen molar-refractivity contribution in [3.63, 3.8) is 0 Å². The molecule has 5 aliphatic rings. The van der Waals surface area contributed by atoms with Gasteiger partial charge >= 0.3 is 6.18 Å². The number of nitrogens with zero attached hydrogens (tertiary/aromatic N) is 5. The monoisotopic (exact) mass is 475 g/mol. The number of halogens is 3. The third kappa shape index (κ3) is 4.37. The molecule has 0 amide bonds. The molecule has 1 aliphatic heterocycles. The van der Waals surface area contributed by atoms with Crippen LogP contribution in [0.1, 0.15) is 52.9 Å². The zero-order valence-electron chi connectivity index (χ0n) is 20.8. The van der Waals surface area contributed by atoms with Crippen molar-refractivity contribution in [3.05, 3.63) is 23.9 Å². The molecule has 34 heavy (non-hydrogen) atoms. The first kappa shape index (κ1) is 22.1. The fourth-order valence-electron chi connectivity index (χ4n) is 6.79. The molecule has 5 fully saturated rings. The van der Waals surface area contributed by atoms with E-state index < -0.39 is 17.3 Å². The van der Waals surface area contributed by atoms with Crippen molar-refractivity contribution in [1.82, 2.24) is 15.2 Å². The van der Waals surface area contributed by atoms with Gasteiger partial charge in [-0.2, -0.15) is 23.4 Å². The first-order chi connectivity index (χ1) is 16.5. The van der Waals surface area contributed by atoms with Crippen molar-refractivity contribution < 1.29 is 14.5 Å². The van der Waals surface area contributed by atoms with Gasteiger partial charge < -0.3 is 10.2 Å². The van der Waals surface area contributed by atoms with Gasteiger partial charge in [-0.3, -0.25) is 4.90 Å². The van der Waals surface area contributed by atoms with Crippen molar-refractivity contribution in [1.29, 1.82) is 5.26 Å². The van der Waals surface area contributed by atoms with E-state index in [1.165, 1.54) is 6.07 Å². The maximum Gasteiger partial charge on any atom is 0.417 e. The van der Waals surface area contributed by atoms with Gasteiger partial charge in [-0.25, -0.2) is 4.98 Å². The Balaban J connectivity index is 1.25. The number of hydrogen-bond acceptors (Lipinski definition) is 5. The van der Waals surface area contributed by atoms with Gasteiger partial charge in [-0.05, 0) is 81.7 Å². The summed E-state index contributed by atoms with van der Waals surface area (Å²) in [7, 11) is 0. The summed E-state index contributed by atoms with van der Waals surface area (Å²) in [6.07, 6.45) is 3.70. The summed E-state index contributed by atoms with van der Waals surface area (Å²) in [5.41, 5.74) is -1.24. The molecular weight excluding hydrogens is 441 g/mol. The second-order valence-corrected chi connectivity index (χ2v) is 10.9. The molecular formula is C25H33F3N6. The number of rotatable bonds is 4. The molecule has 1 saturated heterocycles. The van der Waals surface area contributed by atoms with Crippen molar-refractivity contribution in [2.24, 2.45) is 28.6 Å². The van der Waals surface area contributed by atoms with Crippen LogP contribution >= 0.6 is 0 Å². The van der Waals surface area contributed by atoms with Crippen LogP contribution in [0.5, 0.6) is 0 Å². The molecule has 1 N–H and O–H groups in total. The predicted octanol–water partition coefficient (Wildman–Crippen LogP) is 4.29. The van der Waals surface area contributed by atoms with Gasteiger partial charge in [0.25, 0.3) is 0 Å². The summed E-state index contributed by atoms with van der Waals surface area (Å²) in [5.74, 6) is 2.54. The van der Waals surface area contributed by atoms with Gasteiger partial charge in [0.2, 0.25) is 6.19 Å². The molecule has 4 aliphatic carbocycles. The van der Waals surface area contributed by atoms with Crippen LogP contribution < -0.4 is 10.2 Å². The Morgan fingerprint density at radius 1 is 1.12 bits per heavy atom. The second-order valence-electron chi connectivity index (χ2n) is 10.9. The predicted molar refractivity (Wildman–Crippen MR) is 124 cm³/mol. The Hall–Kier alpha value is -2.34. The van der Waals surface area contributed by atoms with E-state index >= 15 is 0 Å². The van der Waals surface area contributed by atoms with Crippen LogP contribution in [0, 0.1) is 35.1 Å². The van der Waals surface area contributed by atoms with E-state index in [2.05, 4.69) is 34.0 Å². The Bertz CT molecular complexity index is 994. The molecule has 0 aromatic carbocycles. The van der Waals surface area contributed by atoms with Gasteiger partial charge in [-0.1, -0.05) is 0 Å². The number of amidine groups is 1. The fourth-order valence-corrected chi connectivity index (χ4v) is 6.79. The number of aliphatic imine (C=N–C) groups is 1. The average molecular weight is 476 g/mol. The summed E-state index contributed by atoms with van der Waals surface area (Å²) in [6.45, 7) is 6.75. The first-order valence-corrected chi connectivity index (χ1v) is 12.3.